The van der Waals surface area contributed by atoms with Gasteiger partial charge in [0.1, 0.15) is 5.82 Å². The van der Waals surface area contributed by atoms with E-state index in [1.165, 1.54) is 24.6 Å². The summed E-state index contributed by atoms with van der Waals surface area (Å²) in [7, 11) is -3.19. The Hall–Kier alpha value is -2.72. The van der Waals surface area contributed by atoms with Crippen LogP contribution in [0.5, 0.6) is 0 Å². The maximum Gasteiger partial charge on any atom is 0.287 e. The van der Waals surface area contributed by atoms with Crippen LogP contribution in [0.2, 0.25) is 0 Å². The van der Waals surface area contributed by atoms with Crippen molar-refractivity contribution in [1.82, 2.24) is 9.97 Å². The molecule has 0 aliphatic heterocycles. The Morgan fingerprint density at radius 1 is 1.09 bits per heavy atom. The van der Waals surface area contributed by atoms with Crippen molar-refractivity contribution >= 4 is 37.0 Å². The molecule has 1 aromatic carbocycles. The number of benzene rings is 1. The number of nitrogens with one attached hydrogen (secondary N) is 2. The van der Waals surface area contributed by atoms with Gasteiger partial charge in [0.25, 0.3) is 9.06 Å². The van der Waals surface area contributed by atoms with Gasteiger partial charge in [0.2, 0.25) is 0 Å². The highest BCUT2D eigenvalue weighted by Gasteiger charge is 2.17. The zero-order valence-corrected chi connectivity index (χ0v) is 19.7. The third-order valence-corrected chi connectivity index (χ3v) is 7.49. The first-order valence-electron chi connectivity index (χ1n) is 9.83. The van der Waals surface area contributed by atoms with Crippen LogP contribution in [0.15, 0.2) is 42.9 Å². The fraction of sp³-hybridized carbons (Fsp3) is 0.273. The molecule has 3 rings (SSSR count). The lowest BCUT2D eigenvalue weighted by Crippen LogP contribution is -2.11. The first-order chi connectivity index (χ1) is 15.1. The molecule has 2 aromatic heterocycles. The van der Waals surface area contributed by atoms with Crippen molar-refractivity contribution in [2.75, 3.05) is 16.3 Å². The van der Waals surface area contributed by atoms with E-state index in [0.29, 0.717) is 27.7 Å². The summed E-state index contributed by atoms with van der Waals surface area (Å²) < 4.78 is 55.0. The van der Waals surface area contributed by atoms with Gasteiger partial charge in [-0.25, -0.2) is 13.8 Å². The largest absolute Gasteiger partial charge is 0.352 e. The Labute approximate surface area is 190 Å². The van der Waals surface area contributed by atoms with Crippen LogP contribution in [0.1, 0.15) is 42.0 Å². The second-order valence-corrected chi connectivity index (χ2v) is 11.3. The van der Waals surface area contributed by atoms with Crippen molar-refractivity contribution in [2.24, 2.45) is 0 Å². The van der Waals surface area contributed by atoms with E-state index in [0.717, 1.165) is 11.1 Å². The van der Waals surface area contributed by atoms with Gasteiger partial charge in [0.15, 0.2) is 11.6 Å². The molecule has 2 N–H and O–H groups in total. The van der Waals surface area contributed by atoms with Crippen molar-refractivity contribution in [2.45, 2.75) is 33.1 Å². The Morgan fingerprint density at radius 3 is 2.50 bits per heavy atom. The molecule has 0 fully saturated rings. The molecule has 3 aromatic rings. The number of halogens is 2. The average molecular weight is 479 g/mol. The maximum atomic E-state index is 14.9. The molecule has 0 saturated heterocycles. The fourth-order valence-corrected chi connectivity index (χ4v) is 4.02. The molecule has 0 spiro atoms. The highest BCUT2D eigenvalue weighted by atomic mass is 33.1. The number of hydrogen-bond donors (Lipinski definition) is 2. The van der Waals surface area contributed by atoms with Crippen molar-refractivity contribution in [1.29, 1.82) is 0 Å². The van der Waals surface area contributed by atoms with Gasteiger partial charge in [-0.3, -0.25) is 9.71 Å². The summed E-state index contributed by atoms with van der Waals surface area (Å²) in [5, 5.41) is 3.06. The minimum Gasteiger partial charge on any atom is -0.352 e. The lowest BCUT2D eigenvalue weighted by atomic mass is 10.0. The smallest absolute Gasteiger partial charge is 0.287 e. The van der Waals surface area contributed by atoms with E-state index in [-0.39, 0.29) is 29.5 Å². The molecule has 32 heavy (non-hydrogen) atoms. The first kappa shape index (κ1) is 23.9. The molecule has 0 radical (unpaired) electrons. The first-order valence-corrected chi connectivity index (χ1v) is 13.1. The van der Waals surface area contributed by atoms with Crippen LogP contribution < -0.4 is 10.0 Å². The normalized spacial score (nSPS) is 11.6. The maximum absolute atomic E-state index is 14.9. The quantitative estimate of drug-likeness (QED) is 0.414. The molecule has 0 amide bonds. The second kappa shape index (κ2) is 9.83. The van der Waals surface area contributed by atoms with Gasteiger partial charge in [-0.1, -0.05) is 19.9 Å². The van der Waals surface area contributed by atoms with Gasteiger partial charge in [-0.2, -0.15) is 8.42 Å². The van der Waals surface area contributed by atoms with Gasteiger partial charge >= 0.3 is 0 Å². The molecular formula is C22H24F2N4O2S2. The van der Waals surface area contributed by atoms with Gasteiger partial charge < -0.3 is 5.32 Å². The minimum atomic E-state index is -3.74. The van der Waals surface area contributed by atoms with E-state index < -0.39 is 14.9 Å². The zero-order chi connectivity index (χ0) is 23.5. The van der Waals surface area contributed by atoms with Crippen LogP contribution in [0, 0.1) is 18.6 Å². The number of rotatable bonds is 8. The van der Waals surface area contributed by atoms with Crippen LogP contribution in [0.3, 0.4) is 0 Å². The van der Waals surface area contributed by atoms with Gasteiger partial charge in [-0.05, 0) is 70.3 Å². The molecule has 0 saturated carbocycles. The van der Waals surface area contributed by atoms with Crippen molar-refractivity contribution in [3.05, 3.63) is 76.7 Å². The summed E-state index contributed by atoms with van der Waals surface area (Å²) in [6.07, 6.45) is 6.05. The van der Waals surface area contributed by atoms with E-state index in [4.69, 9.17) is 0 Å². The summed E-state index contributed by atoms with van der Waals surface area (Å²) in [6, 6.07) is 6.54. The molecular weight excluding hydrogens is 454 g/mol. The number of aromatic nitrogens is 2. The summed E-state index contributed by atoms with van der Waals surface area (Å²) in [4.78, 5) is 7.99. The van der Waals surface area contributed by atoms with Gasteiger partial charge in [0, 0.05) is 18.8 Å². The molecule has 0 aliphatic rings. The predicted molar refractivity (Wildman–Crippen MR) is 126 cm³/mol. The Balaban J connectivity index is 1.87. The van der Waals surface area contributed by atoms with E-state index >= 15 is 0 Å². The summed E-state index contributed by atoms with van der Waals surface area (Å²) >= 11 is 0. The average Bonchev–Trinajstić information content (AvgIpc) is 2.74. The van der Waals surface area contributed by atoms with Crippen molar-refractivity contribution in [3.63, 3.8) is 0 Å². The predicted octanol–water partition coefficient (Wildman–Crippen LogP) is 5.54. The Morgan fingerprint density at radius 2 is 1.84 bits per heavy atom. The standard InChI is InChI=1S/C22H24F2N4O2S2/c1-13(2)15-5-6-19(18(23)10-15)27-20-12-25-11-17(14(20)3)9-16-7-8-26-22(21(16)24)28-32(29,30)31-4/h5-8,10-13,27H,9H2,1-4H3,(H,26,28). The van der Waals surface area contributed by atoms with Crippen molar-refractivity contribution in [3.8, 4) is 0 Å². The third kappa shape index (κ3) is 5.55. The van der Waals surface area contributed by atoms with Crippen molar-refractivity contribution < 1.29 is 17.2 Å². The Kier molecular flexibility index (Phi) is 7.35. The van der Waals surface area contributed by atoms with Crippen LogP contribution in [-0.4, -0.2) is 24.6 Å². The molecule has 6 nitrogen and oxygen atoms in total. The number of hydrogen-bond acceptors (Lipinski definition) is 6. The fourth-order valence-electron chi connectivity index (χ4n) is 3.07. The van der Waals surface area contributed by atoms with Crippen LogP contribution in [-0.2, 0) is 15.5 Å². The van der Waals surface area contributed by atoms with Crippen LogP contribution in [0.4, 0.5) is 26.0 Å². The highest BCUT2D eigenvalue weighted by molar-refractivity contribution is 8.72. The minimum absolute atomic E-state index is 0.158. The summed E-state index contributed by atoms with van der Waals surface area (Å²) in [6.45, 7) is 5.82. The third-order valence-electron chi connectivity index (χ3n) is 5.04. The lowest BCUT2D eigenvalue weighted by molar-refractivity contribution is 0.604. The van der Waals surface area contributed by atoms with Crippen LogP contribution in [0.25, 0.3) is 0 Å². The SMILES string of the molecule is CSS(=O)(=O)Nc1nccc(Cc2cncc(Nc3ccc(C(C)C)cc3F)c2C)c1F. The molecule has 10 heteroatoms. The monoisotopic (exact) mass is 478 g/mol. The van der Waals surface area contributed by atoms with Crippen LogP contribution >= 0.6 is 10.8 Å². The second-order valence-electron chi connectivity index (χ2n) is 7.52. The number of anilines is 3. The zero-order valence-electron chi connectivity index (χ0n) is 18.1. The van der Waals surface area contributed by atoms with E-state index in [9.17, 15) is 17.2 Å². The van der Waals surface area contributed by atoms with Gasteiger partial charge in [-0.15, -0.1) is 0 Å². The van der Waals surface area contributed by atoms with E-state index in [2.05, 4.69) is 20.0 Å². The molecule has 2 heterocycles. The summed E-state index contributed by atoms with van der Waals surface area (Å²) in [5.41, 5.74) is 3.55. The summed E-state index contributed by atoms with van der Waals surface area (Å²) in [5.74, 6) is -1.26. The topological polar surface area (TPSA) is 84.0 Å². The molecule has 0 aliphatic carbocycles. The Bertz CT molecular complexity index is 1230. The van der Waals surface area contributed by atoms with Gasteiger partial charge in [0.05, 0.1) is 17.6 Å². The molecule has 0 unspecified atom stereocenters. The lowest BCUT2D eigenvalue weighted by Gasteiger charge is -2.15. The highest BCUT2D eigenvalue weighted by Crippen LogP contribution is 2.28. The van der Waals surface area contributed by atoms with E-state index in [1.54, 1.807) is 18.5 Å². The molecule has 170 valence electrons. The van der Waals surface area contributed by atoms with E-state index in [1.807, 2.05) is 26.8 Å². The molecule has 0 bridgehead atoms. The number of pyridine rings is 2. The number of nitrogens with zero attached hydrogens (tertiary/aromatic N) is 2. The molecule has 0 atom stereocenters.